The number of amidine groups is 1. The lowest BCUT2D eigenvalue weighted by Gasteiger charge is -2.41. The molecule has 3 heterocycles. The maximum absolute atomic E-state index is 12.8. The molecule has 11 heteroatoms. The second kappa shape index (κ2) is 11.6. The molecule has 1 atom stereocenters. The van der Waals surface area contributed by atoms with Gasteiger partial charge in [0.25, 0.3) is 5.56 Å². The molecule has 11 nitrogen and oxygen atoms in total. The molecule has 1 amide bonds. The predicted molar refractivity (Wildman–Crippen MR) is 136 cm³/mol. The van der Waals surface area contributed by atoms with Crippen LogP contribution in [0.3, 0.4) is 0 Å². The van der Waals surface area contributed by atoms with E-state index < -0.39 is 16.8 Å². The van der Waals surface area contributed by atoms with Crippen molar-refractivity contribution < 1.29 is 18.8 Å². The molecule has 0 saturated carbocycles. The fourth-order valence-corrected chi connectivity index (χ4v) is 4.13. The van der Waals surface area contributed by atoms with Gasteiger partial charge in [-0.3, -0.25) is 9.78 Å². The summed E-state index contributed by atoms with van der Waals surface area (Å²) < 4.78 is 10.7. The summed E-state index contributed by atoms with van der Waals surface area (Å²) in [6.45, 7) is 13.1. The van der Waals surface area contributed by atoms with Crippen molar-refractivity contribution in [2.24, 2.45) is 5.16 Å². The van der Waals surface area contributed by atoms with E-state index in [-0.39, 0.29) is 29.2 Å². The van der Waals surface area contributed by atoms with Crippen molar-refractivity contribution >= 4 is 23.0 Å². The third-order valence-corrected chi connectivity index (χ3v) is 5.80. The van der Waals surface area contributed by atoms with Gasteiger partial charge in [0.15, 0.2) is 0 Å². The van der Waals surface area contributed by atoms with Crippen LogP contribution >= 0.6 is 0 Å². The van der Waals surface area contributed by atoms with Crippen molar-refractivity contribution in [2.45, 2.75) is 85.3 Å². The zero-order valence-electron chi connectivity index (χ0n) is 22.0. The maximum Gasteiger partial charge on any atom is 0.410 e. The summed E-state index contributed by atoms with van der Waals surface area (Å²) in [6.07, 6.45) is 3.45. The fraction of sp³-hybridized carbons (Fsp3) is 0.640. The van der Waals surface area contributed by atoms with Gasteiger partial charge < -0.3 is 23.8 Å². The molecule has 2 aromatic rings. The Morgan fingerprint density at radius 1 is 1.25 bits per heavy atom. The van der Waals surface area contributed by atoms with E-state index in [9.17, 15) is 14.4 Å². The lowest BCUT2D eigenvalue weighted by atomic mass is 10.1. The number of ether oxygens (including phenoxy) is 1. The topological polar surface area (TPSA) is 130 Å². The molecule has 1 saturated heterocycles. The van der Waals surface area contributed by atoms with E-state index in [1.807, 2.05) is 41.5 Å². The van der Waals surface area contributed by atoms with Gasteiger partial charge in [-0.1, -0.05) is 25.4 Å². The summed E-state index contributed by atoms with van der Waals surface area (Å²) in [6, 6.07) is 1.16. The van der Waals surface area contributed by atoms with Gasteiger partial charge in [0, 0.05) is 38.2 Å². The number of fused-ring (bicyclic) bond motifs is 1. The number of piperazine rings is 1. The Balaban J connectivity index is 1.80. The molecule has 0 unspecified atom stereocenters. The number of aromatic nitrogens is 2. The van der Waals surface area contributed by atoms with E-state index in [0.717, 1.165) is 19.3 Å². The van der Waals surface area contributed by atoms with Crippen molar-refractivity contribution in [3.05, 3.63) is 32.4 Å². The minimum absolute atomic E-state index is 0.0251. The highest BCUT2D eigenvalue weighted by Crippen LogP contribution is 2.18. The first-order valence-electron chi connectivity index (χ1n) is 12.6. The number of nitrogens with one attached hydrogen (secondary N) is 1. The van der Waals surface area contributed by atoms with Gasteiger partial charge in [0.2, 0.25) is 5.71 Å². The standard InChI is InChI=1S/C25H37N5O6/c1-7-9-11-17-14-19(31)34-22-20(17)21(32)26-23(27-22)36-28-18(10-8-2)30-13-12-29(15-16(30)3)24(33)35-25(4,5)6/h14,16H,7-13,15H2,1-6H3,(H,26,27,32)/b28-18+/t16-/m0/s1. The molecule has 3 rings (SSSR count). The van der Waals surface area contributed by atoms with E-state index in [1.54, 1.807) is 4.90 Å². The van der Waals surface area contributed by atoms with Crippen LogP contribution in [0.2, 0.25) is 0 Å². The molecule has 0 bridgehead atoms. The highest BCUT2D eigenvalue weighted by molar-refractivity contribution is 5.82. The van der Waals surface area contributed by atoms with Gasteiger partial charge in [-0.2, -0.15) is 4.98 Å². The largest absolute Gasteiger partial charge is 0.444 e. The van der Waals surface area contributed by atoms with Crippen molar-refractivity contribution in [3.63, 3.8) is 0 Å². The Bertz CT molecular complexity index is 1210. The monoisotopic (exact) mass is 503 g/mol. The van der Waals surface area contributed by atoms with E-state index in [2.05, 4.69) is 20.0 Å². The summed E-state index contributed by atoms with van der Waals surface area (Å²) in [5.74, 6) is 0.676. The van der Waals surface area contributed by atoms with Crippen molar-refractivity contribution in [1.29, 1.82) is 0 Å². The lowest BCUT2D eigenvalue weighted by molar-refractivity contribution is 0.0129. The first-order valence-corrected chi connectivity index (χ1v) is 12.6. The summed E-state index contributed by atoms with van der Waals surface area (Å²) in [5.41, 5.74) is -1.03. The van der Waals surface area contributed by atoms with Gasteiger partial charge in [-0.05, 0) is 52.5 Å². The zero-order chi connectivity index (χ0) is 26.5. The number of H-pyrrole nitrogens is 1. The number of aryl methyl sites for hydroxylation is 1. The number of carbonyl (C=O) groups excluding carboxylic acids is 1. The molecular formula is C25H37N5O6. The van der Waals surface area contributed by atoms with E-state index in [0.29, 0.717) is 43.9 Å². The van der Waals surface area contributed by atoms with Crippen LogP contribution in [-0.4, -0.2) is 63.0 Å². The van der Waals surface area contributed by atoms with Gasteiger partial charge in [0.05, 0.1) is 0 Å². The van der Waals surface area contributed by atoms with Crippen LogP contribution < -0.4 is 16.0 Å². The average Bonchev–Trinajstić information content (AvgIpc) is 2.78. The summed E-state index contributed by atoms with van der Waals surface area (Å²) in [4.78, 5) is 53.3. The Morgan fingerprint density at radius 2 is 2.00 bits per heavy atom. The van der Waals surface area contributed by atoms with Crippen LogP contribution in [0.4, 0.5) is 4.79 Å². The average molecular weight is 504 g/mol. The van der Waals surface area contributed by atoms with Gasteiger partial charge in [0.1, 0.15) is 16.8 Å². The lowest BCUT2D eigenvalue weighted by Crippen LogP contribution is -2.56. The van der Waals surface area contributed by atoms with Crippen molar-refractivity contribution in [1.82, 2.24) is 19.8 Å². The predicted octanol–water partition coefficient (Wildman–Crippen LogP) is 3.65. The Kier molecular flexibility index (Phi) is 8.75. The third kappa shape index (κ3) is 6.86. The van der Waals surface area contributed by atoms with Gasteiger partial charge in [-0.15, -0.1) is 0 Å². The number of aromatic amines is 1. The highest BCUT2D eigenvalue weighted by Gasteiger charge is 2.31. The Labute approximate surface area is 210 Å². The number of oxime groups is 1. The molecule has 0 radical (unpaired) electrons. The number of hydrogen-bond donors (Lipinski definition) is 1. The van der Waals surface area contributed by atoms with E-state index >= 15 is 0 Å². The molecule has 2 aromatic heterocycles. The van der Waals surface area contributed by atoms with Crippen molar-refractivity contribution in [3.8, 4) is 6.01 Å². The first kappa shape index (κ1) is 27.2. The Hall–Kier alpha value is -3.37. The number of rotatable bonds is 7. The number of nitrogens with zero attached hydrogens (tertiary/aromatic N) is 4. The molecule has 1 aliphatic heterocycles. The molecule has 1 N–H and O–H groups in total. The molecular weight excluding hydrogens is 466 g/mol. The summed E-state index contributed by atoms with van der Waals surface area (Å²) >= 11 is 0. The highest BCUT2D eigenvalue weighted by atomic mass is 16.6. The molecule has 198 valence electrons. The van der Waals surface area contributed by atoms with Crippen LogP contribution in [-0.2, 0) is 11.2 Å². The van der Waals surface area contributed by atoms with Gasteiger partial charge >= 0.3 is 17.7 Å². The number of carbonyl (C=O) groups is 1. The minimum Gasteiger partial charge on any atom is -0.444 e. The molecule has 1 aliphatic rings. The van der Waals surface area contributed by atoms with Crippen LogP contribution in [0.1, 0.15) is 72.8 Å². The zero-order valence-corrected chi connectivity index (χ0v) is 22.0. The molecule has 0 aliphatic carbocycles. The summed E-state index contributed by atoms with van der Waals surface area (Å²) in [7, 11) is 0. The van der Waals surface area contributed by atoms with Crippen LogP contribution in [0.5, 0.6) is 6.01 Å². The van der Waals surface area contributed by atoms with Gasteiger partial charge in [-0.25, -0.2) is 9.59 Å². The smallest absolute Gasteiger partial charge is 0.410 e. The first-order chi connectivity index (χ1) is 17.0. The normalized spacial score (nSPS) is 16.9. The molecule has 0 aromatic carbocycles. The minimum atomic E-state index is -0.565. The molecule has 0 spiro atoms. The number of unbranched alkanes of at least 4 members (excludes halogenated alkanes) is 1. The van der Waals surface area contributed by atoms with Crippen LogP contribution in [0.15, 0.2) is 25.2 Å². The second-order valence-electron chi connectivity index (χ2n) is 10.1. The van der Waals surface area contributed by atoms with Crippen LogP contribution in [0.25, 0.3) is 11.1 Å². The molecule has 36 heavy (non-hydrogen) atoms. The van der Waals surface area contributed by atoms with Crippen molar-refractivity contribution in [2.75, 3.05) is 19.6 Å². The molecule has 1 fully saturated rings. The number of hydrogen-bond acceptors (Lipinski definition) is 8. The third-order valence-electron chi connectivity index (χ3n) is 5.80. The Morgan fingerprint density at radius 3 is 2.64 bits per heavy atom. The number of amides is 1. The summed E-state index contributed by atoms with van der Waals surface area (Å²) in [5, 5.41) is 4.53. The fourth-order valence-electron chi connectivity index (χ4n) is 4.13. The quantitative estimate of drug-likeness (QED) is 0.344. The second-order valence-corrected chi connectivity index (χ2v) is 10.1. The van der Waals surface area contributed by atoms with Crippen LogP contribution in [0, 0.1) is 0 Å². The van der Waals surface area contributed by atoms with E-state index in [1.165, 1.54) is 6.07 Å². The van der Waals surface area contributed by atoms with E-state index in [4.69, 9.17) is 14.0 Å². The SMILES string of the molecule is CCCCc1cc(=O)oc2nc(O/N=C(\CCC)N3CCN(C(=O)OC(C)(C)C)C[C@@H]3C)[nH]c(=O)c12. The maximum atomic E-state index is 12.8.